The van der Waals surface area contributed by atoms with Gasteiger partial charge in [-0.25, -0.2) is 9.97 Å². The van der Waals surface area contributed by atoms with E-state index in [4.69, 9.17) is 4.52 Å². The number of nitrogens with zero attached hydrogens (tertiary/aromatic N) is 3. The second kappa shape index (κ2) is 6.79. The summed E-state index contributed by atoms with van der Waals surface area (Å²) in [6.07, 6.45) is 2.90. The first-order valence-electron chi connectivity index (χ1n) is 7.11. The molecule has 7 nitrogen and oxygen atoms in total. The molecule has 8 heteroatoms. The highest BCUT2D eigenvalue weighted by Gasteiger charge is 2.11. The highest BCUT2D eigenvalue weighted by molar-refractivity contribution is 9.10. The largest absolute Gasteiger partial charge is 0.360 e. The van der Waals surface area contributed by atoms with Crippen LogP contribution in [0.1, 0.15) is 21.8 Å². The van der Waals surface area contributed by atoms with E-state index in [1.807, 2.05) is 25.1 Å². The number of hydrogen-bond donors (Lipinski definition) is 2. The molecule has 0 aliphatic heterocycles. The number of nitrogens with one attached hydrogen (secondary N) is 2. The van der Waals surface area contributed by atoms with Gasteiger partial charge in [0.15, 0.2) is 5.82 Å². The third-order valence-electron chi connectivity index (χ3n) is 3.18. The number of halogens is 1. The van der Waals surface area contributed by atoms with E-state index in [1.165, 1.54) is 12.4 Å². The van der Waals surface area contributed by atoms with Crippen LogP contribution in [0.15, 0.2) is 45.7 Å². The number of aromatic nitrogens is 3. The first-order valence-corrected chi connectivity index (χ1v) is 7.90. The zero-order chi connectivity index (χ0) is 17.1. The van der Waals surface area contributed by atoms with Crippen LogP contribution in [0.25, 0.3) is 0 Å². The van der Waals surface area contributed by atoms with Crippen LogP contribution in [0.5, 0.6) is 0 Å². The van der Waals surface area contributed by atoms with Crippen molar-refractivity contribution in [3.63, 3.8) is 0 Å². The highest BCUT2D eigenvalue weighted by atomic mass is 79.9. The van der Waals surface area contributed by atoms with Gasteiger partial charge in [-0.2, -0.15) is 0 Å². The summed E-state index contributed by atoms with van der Waals surface area (Å²) in [6, 6.07) is 7.48. The van der Waals surface area contributed by atoms with Gasteiger partial charge in [-0.3, -0.25) is 4.79 Å². The lowest BCUT2D eigenvalue weighted by atomic mass is 10.2. The molecule has 0 radical (unpaired) electrons. The first-order chi connectivity index (χ1) is 11.5. The van der Waals surface area contributed by atoms with Gasteiger partial charge in [0.2, 0.25) is 0 Å². The molecule has 0 bridgehead atoms. The predicted molar refractivity (Wildman–Crippen MR) is 93.4 cm³/mol. The number of rotatable bonds is 4. The molecule has 1 amide bonds. The van der Waals surface area contributed by atoms with E-state index in [0.717, 1.165) is 15.7 Å². The van der Waals surface area contributed by atoms with Gasteiger partial charge in [0.25, 0.3) is 5.91 Å². The van der Waals surface area contributed by atoms with Crippen LogP contribution in [0.4, 0.5) is 17.3 Å². The van der Waals surface area contributed by atoms with Crippen LogP contribution in [0, 0.1) is 13.8 Å². The van der Waals surface area contributed by atoms with Gasteiger partial charge in [-0.05, 0) is 37.6 Å². The van der Waals surface area contributed by atoms with Crippen molar-refractivity contribution in [2.24, 2.45) is 0 Å². The number of anilines is 3. The van der Waals surface area contributed by atoms with Crippen molar-refractivity contribution in [3.05, 3.63) is 58.1 Å². The Morgan fingerprint density at radius 2 is 1.96 bits per heavy atom. The van der Waals surface area contributed by atoms with E-state index in [-0.39, 0.29) is 5.69 Å². The number of aryl methyl sites for hydroxylation is 2. The van der Waals surface area contributed by atoms with Gasteiger partial charge >= 0.3 is 0 Å². The third kappa shape index (κ3) is 3.77. The quantitative estimate of drug-likeness (QED) is 0.706. The molecule has 0 saturated carbocycles. The van der Waals surface area contributed by atoms with E-state index in [1.54, 1.807) is 13.0 Å². The molecular weight excluding hydrogens is 374 g/mol. The molecular formula is C16H14BrN5O2. The summed E-state index contributed by atoms with van der Waals surface area (Å²) in [7, 11) is 0. The molecule has 0 atom stereocenters. The summed E-state index contributed by atoms with van der Waals surface area (Å²) in [6.45, 7) is 3.74. The van der Waals surface area contributed by atoms with Crippen LogP contribution in [-0.2, 0) is 0 Å². The molecule has 0 unspecified atom stereocenters. The van der Waals surface area contributed by atoms with Crippen LogP contribution in [0.3, 0.4) is 0 Å². The zero-order valence-corrected chi connectivity index (χ0v) is 14.6. The highest BCUT2D eigenvalue weighted by Crippen LogP contribution is 2.22. The van der Waals surface area contributed by atoms with Gasteiger partial charge in [0.05, 0.1) is 12.4 Å². The maximum absolute atomic E-state index is 12.1. The number of amides is 1. The molecule has 0 fully saturated rings. The van der Waals surface area contributed by atoms with Gasteiger partial charge in [-0.1, -0.05) is 21.1 Å². The second-order valence-electron chi connectivity index (χ2n) is 5.15. The van der Waals surface area contributed by atoms with Crippen molar-refractivity contribution in [1.29, 1.82) is 0 Å². The second-order valence-corrected chi connectivity index (χ2v) is 6.01. The molecule has 2 aromatic heterocycles. The Kier molecular flexibility index (Phi) is 4.57. The molecule has 1 aromatic carbocycles. The van der Waals surface area contributed by atoms with Crippen LogP contribution < -0.4 is 10.6 Å². The molecule has 3 aromatic rings. The minimum Gasteiger partial charge on any atom is -0.360 e. The molecule has 122 valence electrons. The fourth-order valence-electron chi connectivity index (χ4n) is 1.99. The number of hydrogen-bond acceptors (Lipinski definition) is 6. The molecule has 2 heterocycles. The summed E-state index contributed by atoms with van der Waals surface area (Å²) < 4.78 is 5.93. The van der Waals surface area contributed by atoms with Gasteiger partial charge in [0, 0.05) is 16.2 Å². The normalized spacial score (nSPS) is 10.5. The summed E-state index contributed by atoms with van der Waals surface area (Å²) in [5.41, 5.74) is 2.18. The standard InChI is InChI=1S/C16H14BrN5O2/c1-9-5-11(3-4-12(9)17)20-15-8-18-13(7-19-15)16(23)21-14-6-10(2)24-22-14/h3-8H,1-2H3,(H,19,20)(H,21,22,23). The Balaban J connectivity index is 1.68. The molecule has 0 aliphatic rings. The van der Waals surface area contributed by atoms with E-state index >= 15 is 0 Å². The molecule has 0 spiro atoms. The monoisotopic (exact) mass is 387 g/mol. The van der Waals surface area contributed by atoms with Crippen molar-refractivity contribution < 1.29 is 9.32 Å². The van der Waals surface area contributed by atoms with Crippen molar-refractivity contribution in [1.82, 2.24) is 15.1 Å². The molecule has 24 heavy (non-hydrogen) atoms. The lowest BCUT2D eigenvalue weighted by Crippen LogP contribution is -2.14. The first kappa shape index (κ1) is 16.1. The van der Waals surface area contributed by atoms with Crippen LogP contribution in [0.2, 0.25) is 0 Å². The molecule has 0 aliphatic carbocycles. The summed E-state index contributed by atoms with van der Waals surface area (Å²) in [5.74, 6) is 1.10. The number of carbonyl (C=O) groups excluding carboxylic acids is 1. The summed E-state index contributed by atoms with van der Waals surface area (Å²) >= 11 is 3.46. The van der Waals surface area contributed by atoms with Crippen molar-refractivity contribution in [3.8, 4) is 0 Å². The third-order valence-corrected chi connectivity index (χ3v) is 4.07. The molecule has 0 saturated heterocycles. The minimum absolute atomic E-state index is 0.188. The lowest BCUT2D eigenvalue weighted by molar-refractivity contribution is 0.102. The summed E-state index contributed by atoms with van der Waals surface area (Å²) in [5, 5.41) is 9.43. The fraction of sp³-hybridized carbons (Fsp3) is 0.125. The Labute approximate surface area is 146 Å². The van der Waals surface area contributed by atoms with E-state index in [2.05, 4.69) is 41.7 Å². The van der Waals surface area contributed by atoms with Crippen LogP contribution >= 0.6 is 15.9 Å². The van der Waals surface area contributed by atoms with E-state index in [0.29, 0.717) is 17.4 Å². The maximum atomic E-state index is 12.1. The number of carbonyl (C=O) groups is 1. The van der Waals surface area contributed by atoms with Gasteiger partial charge < -0.3 is 15.2 Å². The smallest absolute Gasteiger partial charge is 0.277 e. The van der Waals surface area contributed by atoms with E-state index < -0.39 is 5.91 Å². The lowest BCUT2D eigenvalue weighted by Gasteiger charge is -2.07. The van der Waals surface area contributed by atoms with Crippen LogP contribution in [-0.4, -0.2) is 21.0 Å². The average Bonchev–Trinajstić information content (AvgIpc) is 2.96. The summed E-state index contributed by atoms with van der Waals surface area (Å²) in [4.78, 5) is 20.4. The van der Waals surface area contributed by atoms with Gasteiger partial charge in [0.1, 0.15) is 17.3 Å². The average molecular weight is 388 g/mol. The SMILES string of the molecule is Cc1cc(NC(=O)c2cnc(Nc3ccc(Br)c(C)c3)cn2)no1. The van der Waals surface area contributed by atoms with Crippen molar-refractivity contribution in [2.75, 3.05) is 10.6 Å². The Hall–Kier alpha value is -2.74. The number of benzene rings is 1. The fourth-order valence-corrected chi connectivity index (χ4v) is 2.23. The van der Waals surface area contributed by atoms with Crippen molar-refractivity contribution in [2.45, 2.75) is 13.8 Å². The molecule has 3 rings (SSSR count). The Bertz CT molecular complexity index is 876. The minimum atomic E-state index is -0.401. The van der Waals surface area contributed by atoms with Crippen molar-refractivity contribution >= 4 is 39.2 Å². The predicted octanol–water partition coefficient (Wildman–Crippen LogP) is 3.84. The van der Waals surface area contributed by atoms with Gasteiger partial charge in [-0.15, -0.1) is 0 Å². The van der Waals surface area contributed by atoms with E-state index in [9.17, 15) is 4.79 Å². The topological polar surface area (TPSA) is 92.9 Å². The Morgan fingerprint density at radius 3 is 2.58 bits per heavy atom. The Morgan fingerprint density at radius 1 is 1.12 bits per heavy atom. The molecule has 2 N–H and O–H groups in total. The maximum Gasteiger partial charge on any atom is 0.277 e. The zero-order valence-electron chi connectivity index (χ0n) is 13.0.